The van der Waals surface area contributed by atoms with E-state index in [0.29, 0.717) is 34.6 Å². The van der Waals surface area contributed by atoms with Crippen molar-refractivity contribution in [1.29, 1.82) is 0 Å². The zero-order valence-electron chi connectivity index (χ0n) is 19.7. The van der Waals surface area contributed by atoms with Gasteiger partial charge >= 0.3 is 0 Å². The quantitative estimate of drug-likeness (QED) is 0.398. The molecule has 180 valence electrons. The summed E-state index contributed by atoms with van der Waals surface area (Å²) in [5.41, 5.74) is 3.74. The van der Waals surface area contributed by atoms with E-state index in [-0.39, 0.29) is 18.6 Å². The lowest BCUT2D eigenvalue weighted by Crippen LogP contribution is -2.16. The van der Waals surface area contributed by atoms with Gasteiger partial charge < -0.3 is 19.7 Å². The summed E-state index contributed by atoms with van der Waals surface area (Å²) in [7, 11) is 1.54. The van der Waals surface area contributed by atoms with Crippen LogP contribution in [0.25, 0.3) is 17.2 Å². The van der Waals surface area contributed by atoms with E-state index in [4.69, 9.17) is 4.74 Å². The van der Waals surface area contributed by atoms with Crippen LogP contribution in [0.2, 0.25) is 0 Å². The third kappa shape index (κ3) is 4.50. The van der Waals surface area contributed by atoms with Crippen molar-refractivity contribution in [2.24, 2.45) is 0 Å². The maximum Gasteiger partial charge on any atom is 0.260 e. The minimum atomic E-state index is -0.362. The second kappa shape index (κ2) is 9.26. The van der Waals surface area contributed by atoms with Crippen LogP contribution in [-0.4, -0.2) is 59.5 Å². The summed E-state index contributed by atoms with van der Waals surface area (Å²) in [4.78, 5) is 22.3. The Bertz CT molecular complexity index is 1370. The SMILES string of the molecule is COc1cc(C)c(-n2cnc(C3CC3)c2)cc1C(=O)Nc1cccc(-c2nnnn2[C@H](C)CO)n1. The molecule has 0 aliphatic heterocycles. The topological polar surface area (TPSA) is 133 Å². The largest absolute Gasteiger partial charge is 0.496 e. The maximum atomic E-state index is 13.3. The number of tetrazole rings is 1. The normalized spacial score (nSPS) is 14.1. The van der Waals surface area contributed by atoms with E-state index >= 15 is 0 Å². The van der Waals surface area contributed by atoms with Crippen LogP contribution in [0.4, 0.5) is 5.82 Å². The molecule has 11 nitrogen and oxygen atoms in total. The van der Waals surface area contributed by atoms with Crippen molar-refractivity contribution < 1.29 is 14.6 Å². The lowest BCUT2D eigenvalue weighted by atomic mass is 10.1. The standard InChI is InChI=1S/C24H26N8O3/c1-14-9-21(35-3)17(10-20(14)31-11-19(25-13-31)16-7-8-16)24(34)27-22-6-4-5-18(26-22)23-28-29-30-32(23)15(2)12-33/h4-6,9-11,13,15-16,33H,7-8,12H2,1-3H3,(H,26,27,34)/t15-/m1/s1. The molecule has 5 rings (SSSR count). The molecule has 0 unspecified atom stereocenters. The van der Waals surface area contributed by atoms with Crippen molar-refractivity contribution in [3.05, 3.63) is 59.7 Å². The second-order valence-corrected chi connectivity index (χ2v) is 8.66. The molecule has 0 spiro atoms. The Morgan fingerprint density at radius 1 is 1.31 bits per heavy atom. The summed E-state index contributed by atoms with van der Waals surface area (Å²) in [5, 5.41) is 24.0. The highest BCUT2D eigenvalue weighted by molar-refractivity contribution is 6.06. The van der Waals surface area contributed by atoms with Crippen LogP contribution < -0.4 is 10.1 Å². The van der Waals surface area contributed by atoms with Gasteiger partial charge in [0.15, 0.2) is 0 Å². The third-order valence-electron chi connectivity index (χ3n) is 6.03. The van der Waals surface area contributed by atoms with Gasteiger partial charge in [0.05, 0.1) is 43.0 Å². The summed E-state index contributed by atoms with van der Waals surface area (Å²) >= 11 is 0. The molecule has 2 N–H and O–H groups in total. The molecule has 3 aromatic heterocycles. The Kier molecular flexibility index (Phi) is 6.00. The highest BCUT2D eigenvalue weighted by atomic mass is 16.5. The number of carbonyl (C=O) groups is 1. The first-order chi connectivity index (χ1) is 17.0. The van der Waals surface area contributed by atoms with Gasteiger partial charge in [0.25, 0.3) is 5.91 Å². The van der Waals surface area contributed by atoms with Gasteiger partial charge in [0.2, 0.25) is 5.82 Å². The van der Waals surface area contributed by atoms with Gasteiger partial charge in [-0.2, -0.15) is 0 Å². The van der Waals surface area contributed by atoms with Crippen LogP contribution in [0.15, 0.2) is 42.9 Å². The number of methoxy groups -OCH3 is 1. The number of carbonyl (C=O) groups excluding carboxylic acids is 1. The molecule has 1 fully saturated rings. The molecule has 0 saturated heterocycles. The Balaban J connectivity index is 1.44. The number of hydrogen-bond donors (Lipinski definition) is 2. The van der Waals surface area contributed by atoms with Gasteiger partial charge in [-0.25, -0.2) is 14.6 Å². The Morgan fingerprint density at radius 2 is 2.14 bits per heavy atom. The molecule has 0 radical (unpaired) electrons. The number of ether oxygens (including phenoxy) is 1. The smallest absolute Gasteiger partial charge is 0.260 e. The van der Waals surface area contributed by atoms with Crippen molar-refractivity contribution >= 4 is 11.7 Å². The van der Waals surface area contributed by atoms with E-state index in [1.54, 1.807) is 37.5 Å². The van der Waals surface area contributed by atoms with Crippen molar-refractivity contribution in [3.8, 4) is 23.0 Å². The average Bonchev–Trinajstić information content (AvgIpc) is 3.39. The summed E-state index contributed by atoms with van der Waals surface area (Å²) in [6.45, 7) is 3.64. The minimum absolute atomic E-state index is 0.122. The van der Waals surface area contributed by atoms with E-state index in [2.05, 4.69) is 30.8 Å². The van der Waals surface area contributed by atoms with Crippen molar-refractivity contribution in [2.45, 2.75) is 38.6 Å². The van der Waals surface area contributed by atoms with Crippen LogP contribution in [0.5, 0.6) is 5.75 Å². The molecular weight excluding hydrogens is 448 g/mol. The van der Waals surface area contributed by atoms with Crippen LogP contribution in [-0.2, 0) is 0 Å². The fourth-order valence-electron chi connectivity index (χ4n) is 3.90. The number of aliphatic hydroxyl groups excluding tert-OH is 1. The number of nitrogens with one attached hydrogen (secondary N) is 1. The van der Waals surface area contributed by atoms with E-state index < -0.39 is 0 Å². The minimum Gasteiger partial charge on any atom is -0.496 e. The number of aryl methyl sites for hydroxylation is 1. The second-order valence-electron chi connectivity index (χ2n) is 8.66. The van der Waals surface area contributed by atoms with E-state index in [0.717, 1.165) is 16.9 Å². The monoisotopic (exact) mass is 474 g/mol. The summed E-state index contributed by atoms with van der Waals surface area (Å²) in [5.74, 6) is 1.37. The van der Waals surface area contributed by atoms with Crippen molar-refractivity contribution in [1.82, 2.24) is 34.7 Å². The van der Waals surface area contributed by atoms with E-state index in [9.17, 15) is 9.90 Å². The molecule has 1 amide bonds. The van der Waals surface area contributed by atoms with Crippen molar-refractivity contribution in [3.63, 3.8) is 0 Å². The molecular formula is C24H26N8O3. The van der Waals surface area contributed by atoms with Gasteiger partial charge in [-0.15, -0.1) is 5.10 Å². The number of amides is 1. The number of nitrogens with zero attached hydrogens (tertiary/aromatic N) is 7. The van der Waals surface area contributed by atoms with Crippen molar-refractivity contribution in [2.75, 3.05) is 19.0 Å². The molecule has 1 atom stereocenters. The molecule has 1 aromatic carbocycles. The number of pyridine rings is 1. The predicted molar refractivity (Wildman–Crippen MR) is 128 cm³/mol. The van der Waals surface area contributed by atoms with E-state index in [1.807, 2.05) is 23.8 Å². The molecule has 1 saturated carbocycles. The number of aromatic nitrogens is 7. The number of rotatable bonds is 8. The lowest BCUT2D eigenvalue weighted by Gasteiger charge is -2.14. The molecule has 4 aromatic rings. The number of hydrogen-bond acceptors (Lipinski definition) is 8. The summed E-state index contributed by atoms with van der Waals surface area (Å²) in [6, 6.07) is 8.50. The molecule has 35 heavy (non-hydrogen) atoms. The fraction of sp³-hybridized carbons (Fsp3) is 0.333. The maximum absolute atomic E-state index is 13.3. The van der Waals surface area contributed by atoms with Crippen LogP contribution in [0.1, 0.15) is 53.3 Å². The summed E-state index contributed by atoms with van der Waals surface area (Å²) < 4.78 is 8.94. The third-order valence-corrected chi connectivity index (χ3v) is 6.03. The van der Waals surface area contributed by atoms with Gasteiger partial charge in [-0.05, 0) is 66.9 Å². The van der Waals surface area contributed by atoms with Gasteiger partial charge in [0, 0.05) is 12.1 Å². The zero-order valence-corrected chi connectivity index (χ0v) is 19.7. The van der Waals surface area contributed by atoms with Crippen LogP contribution in [0, 0.1) is 6.92 Å². The van der Waals surface area contributed by atoms with E-state index in [1.165, 1.54) is 24.6 Å². The lowest BCUT2D eigenvalue weighted by molar-refractivity contribution is 0.102. The first-order valence-corrected chi connectivity index (χ1v) is 11.4. The average molecular weight is 475 g/mol. The number of benzene rings is 1. The first kappa shape index (κ1) is 22.7. The number of imidazole rings is 1. The van der Waals surface area contributed by atoms with Crippen LogP contribution in [0.3, 0.4) is 0 Å². The van der Waals surface area contributed by atoms with Crippen LogP contribution >= 0.6 is 0 Å². The highest BCUT2D eigenvalue weighted by Gasteiger charge is 2.26. The first-order valence-electron chi connectivity index (χ1n) is 11.4. The molecule has 0 bridgehead atoms. The highest BCUT2D eigenvalue weighted by Crippen LogP contribution is 2.39. The summed E-state index contributed by atoms with van der Waals surface area (Å²) in [6.07, 6.45) is 6.15. The molecule has 1 aliphatic rings. The Hall–Kier alpha value is -4.12. The molecule has 1 aliphatic carbocycles. The Labute approximate surface area is 201 Å². The molecule has 3 heterocycles. The predicted octanol–water partition coefficient (Wildman–Crippen LogP) is 2.92. The Morgan fingerprint density at radius 3 is 2.89 bits per heavy atom. The molecule has 11 heteroatoms. The number of anilines is 1. The van der Waals surface area contributed by atoms with Gasteiger partial charge in [0.1, 0.15) is 17.3 Å². The van der Waals surface area contributed by atoms with Gasteiger partial charge in [-0.3, -0.25) is 4.79 Å². The number of aliphatic hydroxyl groups is 1. The van der Waals surface area contributed by atoms with Gasteiger partial charge in [-0.1, -0.05) is 6.07 Å². The zero-order chi connectivity index (χ0) is 24.5. The fourth-order valence-corrected chi connectivity index (χ4v) is 3.90.